The number of H-pyrrole nitrogens is 1. The summed E-state index contributed by atoms with van der Waals surface area (Å²) in [6.45, 7) is 0. The number of aromatic nitrogens is 7. The number of thiocarbonyl (C=S) groups is 1. The first kappa shape index (κ1) is 51.0. The van der Waals surface area contributed by atoms with E-state index in [2.05, 4.69) is 47.3 Å². The summed E-state index contributed by atoms with van der Waals surface area (Å²) in [6.07, 6.45) is 8.98. The highest BCUT2D eigenvalue weighted by Gasteiger charge is 2.14. The Kier molecular flexibility index (Phi) is 18.5. The second kappa shape index (κ2) is 23.2. The van der Waals surface area contributed by atoms with Crippen molar-refractivity contribution < 1.29 is 36.2 Å². The number of halogens is 6. The Morgan fingerprint density at radius 3 is 1.80 bits per heavy atom. The lowest BCUT2D eigenvalue weighted by atomic mass is 10.2. The molecule has 0 aliphatic rings. The van der Waals surface area contributed by atoms with Gasteiger partial charge in [0, 0.05) is 32.3 Å². The summed E-state index contributed by atoms with van der Waals surface area (Å²) >= 11 is 10.6. The Morgan fingerprint density at radius 2 is 1.25 bits per heavy atom. The van der Waals surface area contributed by atoms with Gasteiger partial charge in [-0.15, -0.1) is 0 Å². The Morgan fingerprint density at radius 1 is 0.734 bits per heavy atom. The van der Waals surface area contributed by atoms with E-state index in [1.54, 1.807) is 6.26 Å². The van der Waals surface area contributed by atoms with Gasteiger partial charge in [0.25, 0.3) is 11.1 Å². The van der Waals surface area contributed by atoms with Gasteiger partial charge in [-0.1, -0.05) is 19.2 Å². The second-order valence-electron chi connectivity index (χ2n) is 12.0. The number of carboxylic acids is 1. The summed E-state index contributed by atoms with van der Waals surface area (Å²) in [5, 5.41) is 11.2. The lowest BCUT2D eigenvalue weighted by Gasteiger charge is -2.11. The molecule has 3 radical (unpaired) electrons. The third-order valence-corrected chi connectivity index (χ3v) is 8.87. The van der Waals surface area contributed by atoms with Crippen molar-refractivity contribution in [3.8, 4) is 11.4 Å². The summed E-state index contributed by atoms with van der Waals surface area (Å²) in [7, 11) is 0. The van der Waals surface area contributed by atoms with E-state index in [0.717, 1.165) is 53.5 Å². The van der Waals surface area contributed by atoms with Crippen LogP contribution in [0.4, 0.5) is 37.7 Å². The van der Waals surface area contributed by atoms with Crippen LogP contribution in [0.25, 0.3) is 33.2 Å². The number of benzene rings is 3. The third kappa shape index (κ3) is 12.9. The maximum absolute atomic E-state index is 13.3. The molecule has 0 aliphatic carbocycles. The van der Waals surface area contributed by atoms with Gasteiger partial charge in [0.1, 0.15) is 34.9 Å². The fraction of sp³-hybridized carbons (Fsp3) is 0.0488. The van der Waals surface area contributed by atoms with Crippen LogP contribution >= 0.6 is 36.2 Å². The molecule has 0 saturated carbocycles. The molecule has 3 aromatic carbocycles. The molecule has 5 aromatic heterocycles. The topological polar surface area (TPSA) is 187 Å². The number of nitrogen functional groups attached to an aromatic ring is 1. The smallest absolute Gasteiger partial charge is 0.337 e. The zero-order chi connectivity index (χ0) is 45.1. The molecule has 8 aromatic rings. The van der Waals surface area contributed by atoms with Crippen LogP contribution in [0.5, 0.6) is 0 Å². The molecule has 23 heteroatoms. The molecule has 5 heterocycles. The molecule has 0 aliphatic heterocycles. The maximum Gasteiger partial charge on any atom is 0.337 e. The number of fused-ring (bicyclic) bond motifs is 2. The minimum absolute atomic E-state index is 0. The van der Waals surface area contributed by atoms with E-state index < -0.39 is 52.0 Å². The highest BCUT2D eigenvalue weighted by atomic mass is 32.2. The highest BCUT2D eigenvalue weighted by molar-refractivity contribution is 7.98. The molecule has 0 spiro atoms. The number of hydrogen-bond donors (Lipinski definition) is 3. The number of isothiocyanates is 1. The molecule has 0 bridgehead atoms. The largest absolute Gasteiger partial charge is 0.478 e. The van der Waals surface area contributed by atoms with Gasteiger partial charge in [0.15, 0.2) is 9.93 Å². The summed E-state index contributed by atoms with van der Waals surface area (Å²) in [5.41, 5.74) is 5.75. The molecule has 8 rings (SSSR count). The van der Waals surface area contributed by atoms with Crippen molar-refractivity contribution in [1.29, 1.82) is 0 Å². The fourth-order valence-electron chi connectivity index (χ4n) is 5.20. The molecule has 0 fully saturated rings. The van der Waals surface area contributed by atoms with Gasteiger partial charge in [-0.2, -0.15) is 4.99 Å². The molecule has 325 valence electrons. The first-order valence-electron chi connectivity index (χ1n) is 17.0. The van der Waals surface area contributed by atoms with Crippen LogP contribution in [-0.4, -0.2) is 65.0 Å². The first-order chi connectivity index (χ1) is 29.6. The predicted molar refractivity (Wildman–Crippen MR) is 238 cm³/mol. The van der Waals surface area contributed by atoms with Gasteiger partial charge in [-0.25, -0.2) is 36.1 Å². The van der Waals surface area contributed by atoms with Crippen LogP contribution in [0.2, 0.25) is 0 Å². The van der Waals surface area contributed by atoms with Crippen LogP contribution < -0.4 is 16.9 Å². The molecule has 64 heavy (non-hydrogen) atoms. The summed E-state index contributed by atoms with van der Waals surface area (Å²) in [5.74, 6) is -4.47. The van der Waals surface area contributed by atoms with Crippen molar-refractivity contribution in [2.24, 2.45) is 4.99 Å². The van der Waals surface area contributed by atoms with Crippen molar-refractivity contribution >= 4 is 88.9 Å². The number of aliphatic imine (C=N–C) groups is 1. The number of nitrogens with one attached hydrogen (secondary N) is 1. The van der Waals surface area contributed by atoms with E-state index in [1.807, 2.05) is 0 Å². The number of anilines is 1. The van der Waals surface area contributed by atoms with Crippen LogP contribution in [0.15, 0.2) is 130 Å². The Hall–Kier alpha value is -7.33. The van der Waals surface area contributed by atoms with Crippen molar-refractivity contribution in [3.05, 3.63) is 176 Å². The number of nitrogens with zero attached hydrogens (tertiary/aromatic N) is 7. The molecule has 0 amide bonds. The number of rotatable bonds is 5. The van der Waals surface area contributed by atoms with E-state index in [0.29, 0.717) is 21.9 Å². The summed E-state index contributed by atoms with van der Waals surface area (Å²) < 4.78 is 80.2. The van der Waals surface area contributed by atoms with Crippen LogP contribution in [-0.2, 0) is 0 Å². The number of aromatic amines is 1. The number of thioether (sulfide) groups is 1. The quantitative estimate of drug-likeness (QED) is 0.0284. The predicted octanol–water partition coefficient (Wildman–Crippen LogP) is 8.82. The molecule has 0 saturated heterocycles. The summed E-state index contributed by atoms with van der Waals surface area (Å²) in [4.78, 5) is 56.9. The highest BCUT2D eigenvalue weighted by Crippen LogP contribution is 2.20. The van der Waals surface area contributed by atoms with Crippen molar-refractivity contribution in [3.63, 3.8) is 0 Å². The number of carboxylic acid groups (broad SMARTS) is 1. The van der Waals surface area contributed by atoms with Gasteiger partial charge in [-0.3, -0.25) is 33.7 Å². The Balaban J connectivity index is 0.000000236. The third-order valence-electron chi connectivity index (χ3n) is 7.85. The normalized spacial score (nSPS) is 9.98. The number of aromatic carboxylic acids is 1. The van der Waals surface area contributed by atoms with Crippen molar-refractivity contribution in [1.82, 2.24) is 34.1 Å². The second-order valence-corrected chi connectivity index (χ2v) is 13.3. The maximum atomic E-state index is 13.3. The van der Waals surface area contributed by atoms with E-state index in [9.17, 15) is 40.7 Å². The molecule has 0 atom stereocenters. The Bertz CT molecular complexity index is 3210. The fourth-order valence-corrected chi connectivity index (χ4v) is 6.16. The number of hydrogen-bond acceptors (Lipinski definition) is 12. The zero-order valence-electron chi connectivity index (χ0n) is 31.8. The van der Waals surface area contributed by atoms with E-state index in [-0.39, 0.29) is 54.0 Å². The molecule has 4 N–H and O–H groups in total. The van der Waals surface area contributed by atoms with Gasteiger partial charge >= 0.3 is 5.97 Å². The van der Waals surface area contributed by atoms with Crippen LogP contribution in [0.3, 0.4) is 0 Å². The van der Waals surface area contributed by atoms with Crippen molar-refractivity contribution in [2.75, 3.05) is 12.0 Å². The number of carbonyl (C=O) groups is 1. The lowest BCUT2D eigenvalue weighted by molar-refractivity contribution is 0.0697. The van der Waals surface area contributed by atoms with Gasteiger partial charge in [0.05, 0.1) is 86.8 Å². The van der Waals surface area contributed by atoms with Crippen LogP contribution in [0, 0.1) is 39.7 Å². The van der Waals surface area contributed by atoms with Gasteiger partial charge < -0.3 is 15.8 Å². The van der Waals surface area contributed by atoms with E-state index >= 15 is 0 Å². The van der Waals surface area contributed by atoms with E-state index in [4.69, 9.17) is 23.1 Å². The minimum atomic E-state index is -1.22. The zero-order valence-corrected chi connectivity index (χ0v) is 34.3. The standard InChI is InChI=1S/C14H9F2N3OS.C13H7F2N3OS.C7H6FNO2.C6H3FN2S.CH4.B/c1-21-14-18-12-3-2-8(15)5-11(12)13(20)19(14)10-4-9(16)6-17-7-10;14-7-1-2-11-10(4-7)12(19)18(13(20)17-11)9-3-8(15)5-16-6-9;8-4-1-2-6(9)5(3-4)7(10)11;7-5-1-6(9-4-10)3-8-2-5;;/h2-7H,1H3;1-6H,(H,17,20);1-3H,9H2,(H,10,11);1-3H;1H4;. The Labute approximate surface area is 374 Å². The van der Waals surface area contributed by atoms with Gasteiger partial charge in [-0.05, 0) is 85.3 Å². The molecule has 0 unspecified atom stereocenters. The average molecular weight is 933 g/mol. The lowest BCUT2D eigenvalue weighted by Crippen LogP contribution is -2.22. The van der Waals surface area contributed by atoms with Crippen LogP contribution in [0.1, 0.15) is 17.8 Å². The monoisotopic (exact) mass is 932 g/mol. The number of nitrogens with two attached hydrogens (primary N) is 1. The molecule has 13 nitrogen and oxygen atoms in total. The summed E-state index contributed by atoms with van der Waals surface area (Å²) in [6, 6.07) is 14.3. The SMILES string of the molecule is C.CSc1nc2ccc(F)cc2c(=O)n1-c1cncc(F)c1.Fc1cncc(N=C=S)c1.Nc1ccc(F)cc1C(=O)O.O=c1c2cc(F)ccc2[nH]c(=S)n1-c1cncc(F)c1.[B]. The number of pyridine rings is 3. The van der Waals surface area contributed by atoms with E-state index in [1.165, 1.54) is 77.4 Å². The molecular formula is C41H29BF6N9O4S3. The van der Waals surface area contributed by atoms with Crippen molar-refractivity contribution in [2.45, 2.75) is 12.6 Å². The van der Waals surface area contributed by atoms with Gasteiger partial charge in [0.2, 0.25) is 0 Å². The molecular weight excluding hydrogens is 904 g/mol. The first-order valence-corrected chi connectivity index (χ1v) is 19.0. The average Bonchev–Trinajstić information content (AvgIpc) is 3.23. The minimum Gasteiger partial charge on any atom is -0.478 e.